The summed E-state index contributed by atoms with van der Waals surface area (Å²) in [6.45, 7) is 0. The number of fused-ring (bicyclic) bond motifs is 1. The summed E-state index contributed by atoms with van der Waals surface area (Å²) in [7, 11) is 0. The number of benzene rings is 1. The van der Waals surface area contributed by atoms with Gasteiger partial charge in [0.15, 0.2) is 0 Å². The molecule has 1 aromatic carbocycles. The maximum absolute atomic E-state index is 9.29. The van der Waals surface area contributed by atoms with Gasteiger partial charge in [0.05, 0.1) is 5.02 Å². The van der Waals surface area contributed by atoms with E-state index in [1.54, 1.807) is 18.2 Å². The Morgan fingerprint density at radius 2 is 1.95 bits per heavy atom. The molecule has 1 aliphatic rings. The van der Waals surface area contributed by atoms with Crippen LogP contribution in [0.15, 0.2) is 24.3 Å². The third-order valence-electron chi connectivity index (χ3n) is 3.49. The number of aryl methyl sites for hydroxylation is 2. The van der Waals surface area contributed by atoms with Crippen molar-refractivity contribution in [3.8, 4) is 17.7 Å². The van der Waals surface area contributed by atoms with Gasteiger partial charge in [-0.3, -0.25) is 0 Å². The fourth-order valence-corrected chi connectivity index (χ4v) is 2.88. The third-order valence-corrected chi connectivity index (χ3v) is 4.02. The number of nitrogens with zero attached hydrogens (tertiary/aromatic N) is 2. The molecule has 0 saturated heterocycles. The van der Waals surface area contributed by atoms with E-state index in [1.807, 2.05) is 6.07 Å². The van der Waals surface area contributed by atoms with E-state index in [2.05, 4.69) is 11.1 Å². The van der Waals surface area contributed by atoms with Gasteiger partial charge >= 0.3 is 0 Å². The normalized spacial score (nSPS) is 13.4. The number of hydrogen-bond donors (Lipinski definition) is 0. The molecule has 106 valence electrons. The van der Waals surface area contributed by atoms with Crippen LogP contribution in [-0.2, 0) is 12.8 Å². The van der Waals surface area contributed by atoms with E-state index in [0.717, 1.165) is 36.9 Å². The third kappa shape index (κ3) is 2.97. The zero-order valence-corrected chi connectivity index (χ0v) is 12.7. The summed E-state index contributed by atoms with van der Waals surface area (Å²) in [6.07, 6.45) is 4.15. The predicted molar refractivity (Wildman–Crippen MR) is 82.1 cm³/mol. The maximum atomic E-state index is 9.29. The van der Waals surface area contributed by atoms with Gasteiger partial charge in [0.2, 0.25) is 5.88 Å². The first-order chi connectivity index (χ1) is 10.2. The summed E-state index contributed by atoms with van der Waals surface area (Å²) in [6, 6.07) is 8.98. The maximum Gasteiger partial charge on any atom is 0.237 e. The number of pyridine rings is 1. The first kappa shape index (κ1) is 14.2. The van der Waals surface area contributed by atoms with Gasteiger partial charge < -0.3 is 4.74 Å². The predicted octanol–water partition coefficient (Wildman–Crippen LogP) is 4.93. The van der Waals surface area contributed by atoms with Crippen LogP contribution in [0.2, 0.25) is 10.0 Å². The molecule has 0 aliphatic heterocycles. The van der Waals surface area contributed by atoms with Crippen LogP contribution in [0.25, 0.3) is 0 Å². The number of rotatable bonds is 2. The van der Waals surface area contributed by atoms with Gasteiger partial charge in [-0.25, -0.2) is 4.98 Å². The highest BCUT2D eigenvalue weighted by Crippen LogP contribution is 2.33. The van der Waals surface area contributed by atoms with Crippen LogP contribution >= 0.6 is 23.2 Å². The summed E-state index contributed by atoms with van der Waals surface area (Å²) in [5, 5.41) is 10.2. The number of nitriles is 1. The van der Waals surface area contributed by atoms with Gasteiger partial charge in [0.1, 0.15) is 17.4 Å². The zero-order chi connectivity index (χ0) is 14.8. The molecule has 5 heteroatoms. The molecule has 0 amide bonds. The van der Waals surface area contributed by atoms with Crippen molar-refractivity contribution in [3.05, 3.63) is 51.1 Å². The van der Waals surface area contributed by atoms with Crippen LogP contribution in [0.4, 0.5) is 0 Å². The molecular weight excluding hydrogens is 307 g/mol. The Balaban J connectivity index is 1.99. The minimum Gasteiger partial charge on any atom is -0.436 e. The highest BCUT2D eigenvalue weighted by atomic mass is 35.5. The Morgan fingerprint density at radius 3 is 2.71 bits per heavy atom. The summed E-state index contributed by atoms with van der Waals surface area (Å²) in [4.78, 5) is 4.51. The zero-order valence-electron chi connectivity index (χ0n) is 11.2. The fraction of sp³-hybridized carbons (Fsp3) is 0.250. The van der Waals surface area contributed by atoms with E-state index >= 15 is 0 Å². The molecule has 3 rings (SSSR count). The first-order valence-electron chi connectivity index (χ1n) is 6.73. The Labute approximate surface area is 133 Å². The van der Waals surface area contributed by atoms with Crippen molar-refractivity contribution < 1.29 is 4.74 Å². The molecule has 2 aromatic rings. The smallest absolute Gasteiger partial charge is 0.237 e. The number of aromatic nitrogens is 1. The summed E-state index contributed by atoms with van der Waals surface area (Å²) in [5.41, 5.74) is 2.59. The molecule has 0 bridgehead atoms. The average molecular weight is 319 g/mol. The standard InChI is InChI=1S/C16H12Cl2N2O/c17-12-5-6-15(13(18)8-12)21-16-11(9-19)7-10-3-1-2-4-14(10)20-16/h5-8H,1-4H2. The lowest BCUT2D eigenvalue weighted by Crippen LogP contribution is -2.07. The van der Waals surface area contributed by atoms with E-state index in [4.69, 9.17) is 27.9 Å². The fourth-order valence-electron chi connectivity index (χ4n) is 2.43. The van der Waals surface area contributed by atoms with Crippen molar-refractivity contribution in [2.24, 2.45) is 0 Å². The van der Waals surface area contributed by atoms with E-state index in [0.29, 0.717) is 27.2 Å². The van der Waals surface area contributed by atoms with Gasteiger partial charge in [-0.1, -0.05) is 23.2 Å². The second-order valence-corrected chi connectivity index (χ2v) is 5.79. The van der Waals surface area contributed by atoms with Gasteiger partial charge in [-0.2, -0.15) is 5.26 Å². The van der Waals surface area contributed by atoms with Crippen molar-refractivity contribution in [3.63, 3.8) is 0 Å². The van der Waals surface area contributed by atoms with Crippen molar-refractivity contribution in [2.75, 3.05) is 0 Å². The second kappa shape index (κ2) is 5.93. The number of hydrogen-bond acceptors (Lipinski definition) is 3. The van der Waals surface area contributed by atoms with Gasteiger partial charge in [-0.15, -0.1) is 0 Å². The molecular formula is C16H12Cl2N2O. The van der Waals surface area contributed by atoms with E-state index in [-0.39, 0.29) is 0 Å². The lowest BCUT2D eigenvalue weighted by atomic mass is 9.95. The quantitative estimate of drug-likeness (QED) is 0.788. The summed E-state index contributed by atoms with van der Waals surface area (Å²) in [5.74, 6) is 0.753. The lowest BCUT2D eigenvalue weighted by Gasteiger charge is -2.17. The van der Waals surface area contributed by atoms with Crippen molar-refractivity contribution in [1.29, 1.82) is 5.26 Å². The molecule has 0 fully saturated rings. The van der Waals surface area contributed by atoms with Crippen LogP contribution in [0.1, 0.15) is 29.7 Å². The van der Waals surface area contributed by atoms with Crippen molar-refractivity contribution >= 4 is 23.2 Å². The Hall–Kier alpha value is -1.76. The molecule has 1 heterocycles. The molecule has 3 nitrogen and oxygen atoms in total. The molecule has 0 radical (unpaired) electrons. The summed E-state index contributed by atoms with van der Waals surface area (Å²) < 4.78 is 5.73. The van der Waals surface area contributed by atoms with Crippen LogP contribution in [0.3, 0.4) is 0 Å². The van der Waals surface area contributed by atoms with Crippen molar-refractivity contribution in [1.82, 2.24) is 4.98 Å². The average Bonchev–Trinajstić information content (AvgIpc) is 2.49. The van der Waals surface area contributed by atoms with Gasteiger partial charge in [0.25, 0.3) is 0 Å². The minimum atomic E-state index is 0.308. The highest BCUT2D eigenvalue weighted by molar-refractivity contribution is 6.35. The Bertz CT molecular complexity index is 738. The summed E-state index contributed by atoms with van der Waals surface area (Å²) >= 11 is 12.0. The molecule has 0 saturated carbocycles. The van der Waals surface area contributed by atoms with Gasteiger partial charge in [-0.05, 0) is 55.5 Å². The molecule has 1 aromatic heterocycles. The van der Waals surface area contributed by atoms with Crippen LogP contribution < -0.4 is 4.74 Å². The van der Waals surface area contributed by atoms with E-state index in [1.165, 1.54) is 0 Å². The number of ether oxygens (including phenoxy) is 1. The molecule has 0 N–H and O–H groups in total. The monoisotopic (exact) mass is 318 g/mol. The first-order valence-corrected chi connectivity index (χ1v) is 7.49. The molecule has 1 aliphatic carbocycles. The van der Waals surface area contributed by atoms with E-state index in [9.17, 15) is 5.26 Å². The second-order valence-electron chi connectivity index (χ2n) is 4.94. The van der Waals surface area contributed by atoms with Crippen LogP contribution in [-0.4, -0.2) is 4.98 Å². The largest absolute Gasteiger partial charge is 0.436 e. The minimum absolute atomic E-state index is 0.308. The topological polar surface area (TPSA) is 45.9 Å². The Morgan fingerprint density at radius 1 is 1.14 bits per heavy atom. The number of halogens is 2. The Kier molecular flexibility index (Phi) is 4.01. The highest BCUT2D eigenvalue weighted by Gasteiger charge is 2.17. The molecule has 21 heavy (non-hydrogen) atoms. The van der Waals surface area contributed by atoms with E-state index < -0.39 is 0 Å². The molecule has 0 spiro atoms. The van der Waals surface area contributed by atoms with Gasteiger partial charge in [0, 0.05) is 10.7 Å². The van der Waals surface area contributed by atoms with Crippen LogP contribution in [0.5, 0.6) is 11.6 Å². The molecule has 0 unspecified atom stereocenters. The SMILES string of the molecule is N#Cc1cc2c(nc1Oc1ccc(Cl)cc1Cl)CCCC2. The van der Waals surface area contributed by atoms with Crippen LogP contribution in [0, 0.1) is 11.3 Å². The van der Waals surface area contributed by atoms with Crippen molar-refractivity contribution in [2.45, 2.75) is 25.7 Å². The lowest BCUT2D eigenvalue weighted by molar-refractivity contribution is 0.456. The molecule has 0 atom stereocenters.